The smallest absolute Gasteiger partial charge is 0.255 e. The van der Waals surface area contributed by atoms with Crippen molar-refractivity contribution in [2.75, 3.05) is 17.2 Å². The number of rotatable bonds is 10. The Morgan fingerprint density at radius 2 is 1.74 bits per heavy atom. The molecule has 0 radical (unpaired) electrons. The molecule has 47 heavy (non-hydrogen) atoms. The third-order valence-corrected chi connectivity index (χ3v) is 7.50. The largest absolute Gasteiger partial charge is 0.493 e. The van der Waals surface area contributed by atoms with E-state index in [1.165, 1.54) is 6.07 Å². The van der Waals surface area contributed by atoms with Crippen molar-refractivity contribution in [3.8, 4) is 28.4 Å². The van der Waals surface area contributed by atoms with Gasteiger partial charge in [0.2, 0.25) is 5.95 Å². The van der Waals surface area contributed by atoms with Crippen LogP contribution in [0.25, 0.3) is 28.3 Å². The van der Waals surface area contributed by atoms with Gasteiger partial charge in [0.1, 0.15) is 28.7 Å². The van der Waals surface area contributed by atoms with Gasteiger partial charge in [0.05, 0.1) is 23.7 Å². The van der Waals surface area contributed by atoms with E-state index in [9.17, 15) is 13.6 Å². The third kappa shape index (κ3) is 7.10. The van der Waals surface area contributed by atoms with Crippen LogP contribution in [-0.2, 0) is 0 Å². The second-order valence-corrected chi connectivity index (χ2v) is 11.8. The van der Waals surface area contributed by atoms with Crippen LogP contribution in [-0.4, -0.2) is 37.4 Å². The number of pyridine rings is 1. The number of nitrogens with zero attached hydrogens (tertiary/aromatic N) is 4. The van der Waals surface area contributed by atoms with Crippen molar-refractivity contribution in [3.05, 3.63) is 120 Å². The van der Waals surface area contributed by atoms with E-state index in [0.29, 0.717) is 53.0 Å². The Morgan fingerprint density at radius 3 is 2.53 bits per heavy atom. The van der Waals surface area contributed by atoms with E-state index in [1.54, 1.807) is 30.5 Å². The summed E-state index contributed by atoms with van der Waals surface area (Å²) in [4.78, 5) is 27.3. The molecule has 0 spiro atoms. The zero-order valence-corrected chi connectivity index (χ0v) is 26.1. The average Bonchev–Trinajstić information content (AvgIpc) is 3.44. The summed E-state index contributed by atoms with van der Waals surface area (Å²) in [7, 11) is 0. The molecule has 3 aromatic carbocycles. The molecular weight excluding hydrogens is 600 g/mol. The van der Waals surface area contributed by atoms with Gasteiger partial charge >= 0.3 is 0 Å². The van der Waals surface area contributed by atoms with Gasteiger partial charge in [-0.3, -0.25) is 9.20 Å². The van der Waals surface area contributed by atoms with E-state index in [4.69, 9.17) is 20.4 Å². The van der Waals surface area contributed by atoms with Crippen LogP contribution < -0.4 is 21.1 Å². The molecule has 6 rings (SSSR count). The number of fused-ring (bicyclic) bond motifs is 1. The van der Waals surface area contributed by atoms with Gasteiger partial charge in [0.15, 0.2) is 0 Å². The Hall–Kier alpha value is -5.68. The maximum atomic E-state index is 14.2. The standard InChI is InChI=1S/C36H33F2N7O2/c1-22-13-14-25(47-19-16-36(2,3)39)21-29(22)42-35-40-17-15-28(41-35)33-31(43-30-12-4-5-18-45(30)33)23-8-6-9-24(20-23)34(46)44-32-26(37)10-7-11-27(32)38/h4-15,17-18,20-21H,16,19,39H2,1-3H3,(H,44,46)(H,40,41,42). The highest BCUT2D eigenvalue weighted by Gasteiger charge is 2.20. The Bertz CT molecular complexity index is 2070. The summed E-state index contributed by atoms with van der Waals surface area (Å²) in [5.74, 6) is -1.33. The molecule has 0 fully saturated rings. The number of hydrogen-bond acceptors (Lipinski definition) is 7. The molecule has 0 aliphatic rings. The molecule has 9 nitrogen and oxygen atoms in total. The molecule has 0 atom stereocenters. The van der Waals surface area contributed by atoms with Crippen molar-refractivity contribution in [1.82, 2.24) is 19.4 Å². The fourth-order valence-corrected chi connectivity index (χ4v) is 4.98. The second kappa shape index (κ2) is 13.0. The first kappa shape index (κ1) is 31.3. The number of para-hydroxylation sites is 1. The average molecular weight is 634 g/mol. The number of aromatic nitrogens is 4. The summed E-state index contributed by atoms with van der Waals surface area (Å²) in [6.45, 7) is 6.38. The number of amides is 1. The Morgan fingerprint density at radius 1 is 0.957 bits per heavy atom. The van der Waals surface area contributed by atoms with Crippen molar-refractivity contribution < 1.29 is 18.3 Å². The second-order valence-electron chi connectivity index (χ2n) is 11.8. The van der Waals surface area contributed by atoms with Crippen LogP contribution in [0, 0.1) is 18.6 Å². The Labute approximate surface area is 270 Å². The Balaban J connectivity index is 1.33. The number of aryl methyl sites for hydroxylation is 1. The quantitative estimate of drug-likeness (QED) is 0.143. The number of nitrogens with two attached hydrogens (primary N) is 1. The minimum Gasteiger partial charge on any atom is -0.493 e. The molecule has 0 aliphatic carbocycles. The molecule has 0 unspecified atom stereocenters. The van der Waals surface area contributed by atoms with Crippen LogP contribution in [0.2, 0.25) is 0 Å². The summed E-state index contributed by atoms with van der Waals surface area (Å²) < 4.78 is 36.3. The predicted octanol–water partition coefficient (Wildman–Crippen LogP) is 7.55. The first-order valence-corrected chi connectivity index (χ1v) is 15.0. The number of imidazole rings is 1. The normalized spacial score (nSPS) is 11.4. The van der Waals surface area contributed by atoms with Crippen LogP contribution in [0.5, 0.6) is 5.75 Å². The number of ether oxygens (including phenoxy) is 1. The topological polar surface area (TPSA) is 119 Å². The molecule has 0 bridgehead atoms. The van der Waals surface area contributed by atoms with Crippen molar-refractivity contribution >= 4 is 28.9 Å². The highest BCUT2D eigenvalue weighted by Crippen LogP contribution is 2.33. The van der Waals surface area contributed by atoms with Crippen LogP contribution in [0.3, 0.4) is 0 Å². The Kier molecular flexibility index (Phi) is 8.64. The summed E-state index contributed by atoms with van der Waals surface area (Å²) in [5.41, 5.74) is 10.3. The third-order valence-electron chi connectivity index (χ3n) is 7.50. The zero-order chi connectivity index (χ0) is 33.1. The molecule has 4 N–H and O–H groups in total. The molecule has 238 valence electrons. The van der Waals surface area contributed by atoms with E-state index >= 15 is 0 Å². The van der Waals surface area contributed by atoms with E-state index in [0.717, 1.165) is 23.4 Å². The van der Waals surface area contributed by atoms with Gasteiger partial charge in [0.25, 0.3) is 5.91 Å². The fourth-order valence-electron chi connectivity index (χ4n) is 4.98. The summed E-state index contributed by atoms with van der Waals surface area (Å²) in [5, 5.41) is 5.66. The molecule has 3 heterocycles. The number of nitrogens with one attached hydrogen (secondary N) is 2. The number of carbonyl (C=O) groups excluding carboxylic acids is 1. The molecule has 3 aromatic heterocycles. The van der Waals surface area contributed by atoms with Gasteiger partial charge in [-0.1, -0.05) is 30.3 Å². The SMILES string of the molecule is Cc1ccc(OCCC(C)(C)N)cc1Nc1nccc(-c2c(-c3cccc(C(=O)Nc4c(F)cccc4F)c3)nc3ccccn23)n1. The summed E-state index contributed by atoms with van der Waals surface area (Å²) in [6.07, 6.45) is 4.23. The first-order chi connectivity index (χ1) is 22.6. The summed E-state index contributed by atoms with van der Waals surface area (Å²) in [6, 6.07) is 23.3. The maximum absolute atomic E-state index is 14.2. The van der Waals surface area contributed by atoms with Crippen molar-refractivity contribution in [2.45, 2.75) is 32.7 Å². The maximum Gasteiger partial charge on any atom is 0.255 e. The van der Waals surface area contributed by atoms with E-state index < -0.39 is 23.2 Å². The molecule has 0 aliphatic heterocycles. The monoisotopic (exact) mass is 633 g/mol. The lowest BCUT2D eigenvalue weighted by Gasteiger charge is -2.18. The van der Waals surface area contributed by atoms with Crippen LogP contribution in [0.15, 0.2) is 97.3 Å². The van der Waals surface area contributed by atoms with Crippen LogP contribution >= 0.6 is 0 Å². The van der Waals surface area contributed by atoms with E-state index in [-0.39, 0.29) is 11.1 Å². The molecule has 11 heteroatoms. The first-order valence-electron chi connectivity index (χ1n) is 15.0. The van der Waals surface area contributed by atoms with Crippen LogP contribution in [0.4, 0.5) is 26.1 Å². The van der Waals surface area contributed by atoms with Gasteiger partial charge in [-0.2, -0.15) is 0 Å². The number of carbonyl (C=O) groups is 1. The lowest BCUT2D eigenvalue weighted by Crippen LogP contribution is -2.33. The fraction of sp³-hybridized carbons (Fsp3) is 0.167. The number of anilines is 3. The van der Waals surface area contributed by atoms with Crippen LogP contribution in [0.1, 0.15) is 36.2 Å². The molecule has 0 saturated heterocycles. The van der Waals surface area contributed by atoms with Crippen molar-refractivity contribution in [3.63, 3.8) is 0 Å². The highest BCUT2D eigenvalue weighted by atomic mass is 19.1. The number of benzene rings is 3. The van der Waals surface area contributed by atoms with Gasteiger partial charge in [-0.15, -0.1) is 0 Å². The van der Waals surface area contributed by atoms with E-state index in [2.05, 4.69) is 15.6 Å². The molecule has 0 saturated carbocycles. The number of hydrogen-bond donors (Lipinski definition) is 3. The van der Waals surface area contributed by atoms with Crippen molar-refractivity contribution in [2.24, 2.45) is 5.73 Å². The minimum absolute atomic E-state index is 0.200. The minimum atomic E-state index is -0.865. The van der Waals surface area contributed by atoms with E-state index in [1.807, 2.05) is 73.8 Å². The lowest BCUT2D eigenvalue weighted by atomic mass is 10.0. The lowest BCUT2D eigenvalue weighted by molar-refractivity contribution is 0.102. The molecular formula is C36H33F2N7O2. The predicted molar refractivity (Wildman–Crippen MR) is 179 cm³/mol. The zero-order valence-electron chi connectivity index (χ0n) is 26.1. The van der Waals surface area contributed by atoms with Gasteiger partial charge in [0, 0.05) is 40.8 Å². The summed E-state index contributed by atoms with van der Waals surface area (Å²) >= 11 is 0. The molecule has 6 aromatic rings. The van der Waals surface area contributed by atoms with Gasteiger partial charge in [-0.05, 0) is 81.3 Å². The van der Waals surface area contributed by atoms with Crippen molar-refractivity contribution in [1.29, 1.82) is 0 Å². The van der Waals surface area contributed by atoms with Gasteiger partial charge in [-0.25, -0.2) is 23.7 Å². The number of halogens is 2. The molecule has 1 amide bonds. The highest BCUT2D eigenvalue weighted by molar-refractivity contribution is 6.05. The van der Waals surface area contributed by atoms with Gasteiger partial charge < -0.3 is 21.1 Å².